The van der Waals surface area contributed by atoms with Gasteiger partial charge in [0.25, 0.3) is 5.91 Å². The molecule has 0 aliphatic carbocycles. The van der Waals surface area contributed by atoms with E-state index in [1.54, 1.807) is 24.3 Å². The van der Waals surface area contributed by atoms with Crippen molar-refractivity contribution in [3.05, 3.63) is 137 Å². The summed E-state index contributed by atoms with van der Waals surface area (Å²) in [6, 6.07) is 31.9. The monoisotopic (exact) mass is 498 g/mol. The van der Waals surface area contributed by atoms with E-state index in [-0.39, 0.29) is 18.5 Å². The molecule has 1 N–H and O–H groups in total. The standard InChI is InChI=1S/C30H30N2O3S/c1-22-11-7-9-15-26(22)21-32(36(3,34)35)27-19-17-25(18-20-27)30(33)31-29(24-13-5-4-6-14-24)28-16-10-8-12-23(28)2/h4-20,29H,21H2,1-3H3,(H,31,33)/t29-/m0/s1. The van der Waals surface area contributed by atoms with Gasteiger partial charge in [0.2, 0.25) is 10.0 Å². The van der Waals surface area contributed by atoms with Gasteiger partial charge in [-0.2, -0.15) is 0 Å². The molecule has 4 rings (SSSR count). The molecular weight excluding hydrogens is 468 g/mol. The fourth-order valence-electron chi connectivity index (χ4n) is 4.23. The Bertz CT molecular complexity index is 1450. The van der Waals surface area contributed by atoms with Crippen LogP contribution >= 0.6 is 0 Å². The second kappa shape index (κ2) is 10.8. The van der Waals surface area contributed by atoms with Crippen LogP contribution in [0.4, 0.5) is 5.69 Å². The molecule has 0 aliphatic rings. The van der Waals surface area contributed by atoms with Crippen molar-refractivity contribution in [2.24, 2.45) is 0 Å². The Morgan fingerprint density at radius 3 is 1.97 bits per heavy atom. The molecule has 0 aromatic heterocycles. The molecule has 0 radical (unpaired) electrons. The summed E-state index contributed by atoms with van der Waals surface area (Å²) in [5.74, 6) is -0.233. The normalized spacial score (nSPS) is 12.1. The number of nitrogens with zero attached hydrogens (tertiary/aromatic N) is 1. The molecule has 0 fully saturated rings. The maximum Gasteiger partial charge on any atom is 0.252 e. The van der Waals surface area contributed by atoms with Crippen LogP contribution in [0.25, 0.3) is 0 Å². The van der Waals surface area contributed by atoms with Gasteiger partial charge in [-0.3, -0.25) is 9.10 Å². The van der Waals surface area contributed by atoms with Crippen molar-refractivity contribution >= 4 is 21.6 Å². The largest absolute Gasteiger partial charge is 0.341 e. The topological polar surface area (TPSA) is 66.5 Å². The number of hydrogen-bond donors (Lipinski definition) is 1. The van der Waals surface area contributed by atoms with E-state index in [1.165, 1.54) is 10.6 Å². The lowest BCUT2D eigenvalue weighted by atomic mass is 9.94. The average molecular weight is 499 g/mol. The average Bonchev–Trinajstić information content (AvgIpc) is 2.87. The van der Waals surface area contributed by atoms with Crippen LogP contribution in [0.1, 0.15) is 44.2 Å². The third-order valence-corrected chi connectivity index (χ3v) is 7.44. The Kier molecular flexibility index (Phi) is 7.55. The summed E-state index contributed by atoms with van der Waals surface area (Å²) in [5.41, 5.74) is 6.00. The van der Waals surface area contributed by atoms with Crippen molar-refractivity contribution in [2.75, 3.05) is 10.6 Å². The molecule has 0 saturated heterocycles. The Balaban J connectivity index is 1.60. The molecule has 0 aliphatic heterocycles. The van der Waals surface area contributed by atoms with Crippen molar-refractivity contribution in [3.8, 4) is 0 Å². The number of amides is 1. The van der Waals surface area contributed by atoms with Gasteiger partial charge < -0.3 is 5.32 Å². The molecule has 0 spiro atoms. The summed E-state index contributed by atoms with van der Waals surface area (Å²) in [4.78, 5) is 13.3. The Hall–Kier alpha value is -3.90. The number of benzene rings is 4. The van der Waals surface area contributed by atoms with Gasteiger partial charge in [-0.1, -0.05) is 78.9 Å². The molecular formula is C30H30N2O3S. The van der Waals surface area contributed by atoms with Crippen LogP contribution in [0, 0.1) is 13.8 Å². The highest BCUT2D eigenvalue weighted by atomic mass is 32.2. The van der Waals surface area contributed by atoms with Crippen molar-refractivity contribution in [1.29, 1.82) is 0 Å². The summed E-state index contributed by atoms with van der Waals surface area (Å²) < 4.78 is 26.6. The van der Waals surface area contributed by atoms with Gasteiger partial charge in [0.05, 0.1) is 24.5 Å². The van der Waals surface area contributed by atoms with E-state index in [9.17, 15) is 13.2 Å². The first-order valence-electron chi connectivity index (χ1n) is 11.8. The first-order valence-corrected chi connectivity index (χ1v) is 13.6. The van der Waals surface area contributed by atoms with E-state index < -0.39 is 10.0 Å². The van der Waals surface area contributed by atoms with Crippen LogP contribution in [0.5, 0.6) is 0 Å². The number of carbonyl (C=O) groups excluding carboxylic acids is 1. The molecule has 0 bridgehead atoms. The zero-order chi connectivity index (χ0) is 25.7. The lowest BCUT2D eigenvalue weighted by Crippen LogP contribution is -2.31. The zero-order valence-corrected chi connectivity index (χ0v) is 21.5. The maximum atomic E-state index is 13.3. The van der Waals surface area contributed by atoms with Crippen LogP contribution in [0.2, 0.25) is 0 Å². The number of sulfonamides is 1. The number of hydrogen-bond acceptors (Lipinski definition) is 3. The number of anilines is 1. The van der Waals surface area contributed by atoms with Gasteiger partial charge in [0.15, 0.2) is 0 Å². The van der Waals surface area contributed by atoms with Crippen LogP contribution in [0.15, 0.2) is 103 Å². The highest BCUT2D eigenvalue weighted by Gasteiger charge is 2.21. The summed E-state index contributed by atoms with van der Waals surface area (Å²) >= 11 is 0. The quantitative estimate of drug-likeness (QED) is 0.334. The van der Waals surface area contributed by atoms with E-state index >= 15 is 0 Å². The predicted molar refractivity (Wildman–Crippen MR) is 146 cm³/mol. The minimum absolute atomic E-state index is 0.223. The fraction of sp³-hybridized carbons (Fsp3) is 0.167. The molecule has 0 unspecified atom stereocenters. The molecule has 4 aromatic carbocycles. The van der Waals surface area contributed by atoms with E-state index in [0.717, 1.165) is 27.8 Å². The Morgan fingerprint density at radius 2 is 1.36 bits per heavy atom. The molecule has 0 saturated carbocycles. The second-order valence-electron chi connectivity index (χ2n) is 8.92. The van der Waals surface area contributed by atoms with Crippen LogP contribution in [-0.2, 0) is 16.6 Å². The van der Waals surface area contributed by atoms with Gasteiger partial charge in [0, 0.05) is 5.56 Å². The van der Waals surface area contributed by atoms with E-state index in [2.05, 4.69) is 5.32 Å². The Labute approximate surface area is 213 Å². The molecule has 1 amide bonds. The molecule has 4 aromatic rings. The van der Waals surface area contributed by atoms with E-state index in [1.807, 2.05) is 92.7 Å². The number of nitrogens with one attached hydrogen (secondary N) is 1. The second-order valence-corrected chi connectivity index (χ2v) is 10.8. The number of carbonyl (C=O) groups is 1. The summed E-state index contributed by atoms with van der Waals surface area (Å²) in [6.45, 7) is 4.21. The van der Waals surface area contributed by atoms with Crippen molar-refractivity contribution in [3.63, 3.8) is 0 Å². The minimum Gasteiger partial charge on any atom is -0.341 e. The summed E-state index contributed by atoms with van der Waals surface area (Å²) in [5, 5.41) is 3.16. The summed E-state index contributed by atoms with van der Waals surface area (Å²) in [6.07, 6.45) is 1.19. The third-order valence-electron chi connectivity index (χ3n) is 6.30. The number of rotatable bonds is 8. The molecule has 5 nitrogen and oxygen atoms in total. The molecule has 0 heterocycles. The van der Waals surface area contributed by atoms with Crippen LogP contribution < -0.4 is 9.62 Å². The molecule has 6 heteroatoms. The first-order chi connectivity index (χ1) is 17.2. The SMILES string of the molecule is Cc1ccccc1CN(c1ccc(C(=O)N[C@@H](c2ccccc2)c2ccccc2C)cc1)S(C)(=O)=O. The van der Waals surface area contributed by atoms with Crippen LogP contribution in [0.3, 0.4) is 0 Å². The zero-order valence-electron chi connectivity index (χ0n) is 20.7. The van der Waals surface area contributed by atoms with Gasteiger partial charge >= 0.3 is 0 Å². The van der Waals surface area contributed by atoms with E-state index in [0.29, 0.717) is 11.3 Å². The highest BCUT2D eigenvalue weighted by Crippen LogP contribution is 2.26. The van der Waals surface area contributed by atoms with Gasteiger partial charge in [0.1, 0.15) is 0 Å². The van der Waals surface area contributed by atoms with Crippen molar-refractivity contribution in [1.82, 2.24) is 5.32 Å². The molecule has 36 heavy (non-hydrogen) atoms. The molecule has 1 atom stereocenters. The van der Waals surface area contributed by atoms with E-state index in [4.69, 9.17) is 0 Å². The first kappa shape index (κ1) is 25.2. The van der Waals surface area contributed by atoms with Gasteiger partial charge in [-0.15, -0.1) is 0 Å². The van der Waals surface area contributed by atoms with Crippen LogP contribution in [-0.4, -0.2) is 20.6 Å². The molecule has 184 valence electrons. The van der Waals surface area contributed by atoms with Crippen molar-refractivity contribution < 1.29 is 13.2 Å². The lowest BCUT2D eigenvalue weighted by Gasteiger charge is -2.24. The smallest absolute Gasteiger partial charge is 0.252 e. The Morgan fingerprint density at radius 1 is 0.778 bits per heavy atom. The third kappa shape index (κ3) is 5.83. The van der Waals surface area contributed by atoms with Gasteiger partial charge in [-0.25, -0.2) is 8.42 Å². The lowest BCUT2D eigenvalue weighted by molar-refractivity contribution is 0.0943. The van der Waals surface area contributed by atoms with Gasteiger partial charge in [-0.05, 0) is 65.9 Å². The highest BCUT2D eigenvalue weighted by molar-refractivity contribution is 7.92. The fourth-order valence-corrected chi connectivity index (χ4v) is 5.11. The minimum atomic E-state index is -3.53. The van der Waals surface area contributed by atoms with Crippen molar-refractivity contribution in [2.45, 2.75) is 26.4 Å². The number of aryl methyl sites for hydroxylation is 2. The summed E-state index contributed by atoms with van der Waals surface area (Å²) in [7, 11) is -3.53. The maximum absolute atomic E-state index is 13.3. The predicted octanol–water partition coefficient (Wildman–Crippen LogP) is 5.79.